The van der Waals surface area contributed by atoms with Gasteiger partial charge in [0.15, 0.2) is 5.69 Å². The van der Waals surface area contributed by atoms with Crippen molar-refractivity contribution in [2.24, 2.45) is 0 Å². The maximum Gasteiger partial charge on any atom is 0.436 e. The number of rotatable bonds is 8. The van der Waals surface area contributed by atoms with E-state index in [0.717, 1.165) is 52.1 Å². The second kappa shape index (κ2) is 8.91. The minimum atomic E-state index is -4.50. The number of carbonyl (C=O) groups excluding carboxylic acids is 1. The van der Waals surface area contributed by atoms with Crippen molar-refractivity contribution in [3.05, 3.63) is 15.9 Å². The molecule has 1 aliphatic carbocycles. The second-order valence-corrected chi connectivity index (χ2v) is 7.74. The average Bonchev–Trinajstić information content (AvgIpc) is 3.40. The number of hydrogen-bond donors (Lipinski definition) is 1. The number of nitrogens with zero attached hydrogens (tertiary/aromatic N) is 3. The Hall–Kier alpha value is -1.13. The van der Waals surface area contributed by atoms with Gasteiger partial charge in [-0.2, -0.15) is 18.3 Å². The summed E-state index contributed by atoms with van der Waals surface area (Å²) in [5, 5.41) is 6.55. The molecule has 2 heterocycles. The molecule has 2 aliphatic rings. The van der Waals surface area contributed by atoms with E-state index in [0.29, 0.717) is 12.2 Å². The molecule has 0 bridgehead atoms. The number of morpholine rings is 1. The Bertz CT molecular complexity index is 655. The van der Waals surface area contributed by atoms with Crippen molar-refractivity contribution in [3.63, 3.8) is 0 Å². The van der Waals surface area contributed by atoms with Gasteiger partial charge in [-0.15, -0.1) is 0 Å². The lowest BCUT2D eigenvalue weighted by atomic mass is 10.2. The topological polar surface area (TPSA) is 59.4 Å². The molecule has 3 rings (SSSR count). The van der Waals surface area contributed by atoms with Crippen molar-refractivity contribution in [1.29, 1.82) is 0 Å². The van der Waals surface area contributed by atoms with Crippen LogP contribution in [0.3, 0.4) is 0 Å². The van der Waals surface area contributed by atoms with E-state index < -0.39 is 11.9 Å². The molecule has 1 aliphatic heterocycles. The SMILES string of the molecule is O=C(CCn1nc(C(F)(F)F)c(Br)c1C1CC1)NCCCN1CCOCC1. The number of amides is 1. The third-order valence-corrected chi connectivity index (χ3v) is 5.57. The number of hydrogen-bond acceptors (Lipinski definition) is 4. The van der Waals surface area contributed by atoms with Crippen LogP contribution < -0.4 is 5.32 Å². The quantitative estimate of drug-likeness (QED) is 0.616. The molecule has 1 amide bonds. The molecule has 0 spiro atoms. The number of carbonyl (C=O) groups is 1. The van der Waals surface area contributed by atoms with E-state index in [2.05, 4.69) is 31.2 Å². The first-order chi connectivity index (χ1) is 12.9. The van der Waals surface area contributed by atoms with Crippen LogP contribution in [0.4, 0.5) is 13.2 Å². The second-order valence-electron chi connectivity index (χ2n) is 6.95. The zero-order chi connectivity index (χ0) is 19.4. The van der Waals surface area contributed by atoms with Crippen LogP contribution in [0.25, 0.3) is 0 Å². The first-order valence-electron chi connectivity index (χ1n) is 9.26. The summed E-state index contributed by atoms with van der Waals surface area (Å²) in [7, 11) is 0. The lowest BCUT2D eigenvalue weighted by Crippen LogP contribution is -2.38. The smallest absolute Gasteiger partial charge is 0.379 e. The summed E-state index contributed by atoms with van der Waals surface area (Å²) < 4.78 is 45.9. The third kappa shape index (κ3) is 5.68. The van der Waals surface area contributed by atoms with E-state index in [4.69, 9.17) is 4.74 Å². The molecule has 1 aromatic heterocycles. The van der Waals surface area contributed by atoms with Crippen molar-refractivity contribution in [1.82, 2.24) is 20.0 Å². The molecule has 10 heteroatoms. The number of aryl methyl sites for hydroxylation is 1. The van der Waals surface area contributed by atoms with Crippen LogP contribution in [0.5, 0.6) is 0 Å². The summed E-state index contributed by atoms with van der Waals surface area (Å²) in [6, 6.07) is 0. The summed E-state index contributed by atoms with van der Waals surface area (Å²) in [5.74, 6) is -0.0709. The number of halogens is 4. The molecule has 1 saturated carbocycles. The maximum atomic E-state index is 13.1. The first kappa shape index (κ1) is 20.6. The van der Waals surface area contributed by atoms with Gasteiger partial charge in [0.2, 0.25) is 5.91 Å². The highest BCUT2D eigenvalue weighted by Gasteiger charge is 2.41. The van der Waals surface area contributed by atoms with Crippen molar-refractivity contribution in [2.75, 3.05) is 39.4 Å². The summed E-state index contributed by atoms with van der Waals surface area (Å²) >= 11 is 3.06. The molecule has 27 heavy (non-hydrogen) atoms. The Kier molecular flexibility index (Phi) is 6.80. The lowest BCUT2D eigenvalue weighted by Gasteiger charge is -2.26. The van der Waals surface area contributed by atoms with Gasteiger partial charge >= 0.3 is 6.18 Å². The minimum Gasteiger partial charge on any atom is -0.379 e. The predicted octanol–water partition coefficient (Wildman–Crippen LogP) is 2.77. The largest absolute Gasteiger partial charge is 0.436 e. The average molecular weight is 453 g/mol. The highest BCUT2D eigenvalue weighted by atomic mass is 79.9. The molecule has 0 atom stereocenters. The van der Waals surface area contributed by atoms with E-state index in [-0.39, 0.29) is 29.3 Å². The van der Waals surface area contributed by atoms with Crippen LogP contribution in [0.2, 0.25) is 0 Å². The predicted molar refractivity (Wildman–Crippen MR) is 96.4 cm³/mol. The minimum absolute atomic E-state index is 0.0171. The standard InChI is InChI=1S/C17H24BrF3N4O2/c18-14-15(12-2-3-12)25(23-16(14)17(19,20)21)7-4-13(26)22-5-1-6-24-8-10-27-11-9-24/h12H,1-11H2,(H,22,26). The van der Waals surface area contributed by atoms with Gasteiger partial charge in [0.25, 0.3) is 0 Å². The van der Waals surface area contributed by atoms with Crippen LogP contribution in [-0.2, 0) is 22.3 Å². The van der Waals surface area contributed by atoms with Crippen molar-refractivity contribution in [3.8, 4) is 0 Å². The zero-order valence-corrected chi connectivity index (χ0v) is 16.6. The van der Waals surface area contributed by atoms with Crippen LogP contribution in [-0.4, -0.2) is 60.0 Å². The molecule has 1 saturated heterocycles. The fourth-order valence-corrected chi connectivity index (χ4v) is 4.04. The Labute approximate surface area is 164 Å². The van der Waals surface area contributed by atoms with Crippen molar-refractivity contribution < 1.29 is 22.7 Å². The molecule has 152 valence electrons. The summed E-state index contributed by atoms with van der Waals surface area (Å²) in [6.45, 7) is 4.92. The Morgan fingerprint density at radius 2 is 1.96 bits per heavy atom. The maximum absolute atomic E-state index is 13.1. The van der Waals surface area contributed by atoms with Gasteiger partial charge in [0.05, 0.1) is 29.9 Å². The molecule has 6 nitrogen and oxygen atoms in total. The summed E-state index contributed by atoms with van der Waals surface area (Å²) in [4.78, 5) is 14.3. The van der Waals surface area contributed by atoms with Gasteiger partial charge in [0.1, 0.15) is 0 Å². The number of aromatic nitrogens is 2. The monoisotopic (exact) mass is 452 g/mol. The van der Waals surface area contributed by atoms with Crippen LogP contribution in [0.15, 0.2) is 4.47 Å². The van der Waals surface area contributed by atoms with Gasteiger partial charge in [-0.25, -0.2) is 0 Å². The molecule has 1 aromatic rings. The molecular formula is C17H24BrF3N4O2. The normalized spacial score (nSPS) is 18.7. The van der Waals surface area contributed by atoms with Gasteiger partial charge in [0, 0.05) is 32.0 Å². The number of nitrogens with one attached hydrogen (secondary N) is 1. The van der Waals surface area contributed by atoms with Gasteiger partial charge in [-0.1, -0.05) is 0 Å². The fraction of sp³-hybridized carbons (Fsp3) is 0.765. The van der Waals surface area contributed by atoms with Crippen molar-refractivity contribution >= 4 is 21.8 Å². The molecule has 0 unspecified atom stereocenters. The van der Waals surface area contributed by atoms with Crippen LogP contribution in [0, 0.1) is 0 Å². The van der Waals surface area contributed by atoms with E-state index in [1.165, 1.54) is 4.68 Å². The van der Waals surface area contributed by atoms with Crippen molar-refractivity contribution in [2.45, 2.75) is 44.3 Å². The Morgan fingerprint density at radius 3 is 2.59 bits per heavy atom. The molecule has 0 radical (unpaired) electrons. The zero-order valence-electron chi connectivity index (χ0n) is 15.0. The molecular weight excluding hydrogens is 429 g/mol. The number of ether oxygens (including phenoxy) is 1. The highest BCUT2D eigenvalue weighted by Crippen LogP contribution is 2.46. The third-order valence-electron chi connectivity index (χ3n) is 4.79. The van der Waals surface area contributed by atoms with E-state index >= 15 is 0 Å². The highest BCUT2D eigenvalue weighted by molar-refractivity contribution is 9.10. The number of alkyl halides is 3. The van der Waals surface area contributed by atoms with E-state index in [1.807, 2.05) is 0 Å². The molecule has 0 aromatic carbocycles. The van der Waals surface area contributed by atoms with Gasteiger partial charge in [-0.3, -0.25) is 14.4 Å². The molecule has 2 fully saturated rings. The lowest BCUT2D eigenvalue weighted by molar-refractivity contribution is -0.142. The van der Waals surface area contributed by atoms with Gasteiger partial charge < -0.3 is 10.1 Å². The van der Waals surface area contributed by atoms with Crippen LogP contribution in [0.1, 0.15) is 43.0 Å². The first-order valence-corrected chi connectivity index (χ1v) is 10.1. The Balaban J connectivity index is 1.45. The fourth-order valence-electron chi connectivity index (χ4n) is 3.20. The van der Waals surface area contributed by atoms with E-state index in [9.17, 15) is 18.0 Å². The van der Waals surface area contributed by atoms with Gasteiger partial charge in [-0.05, 0) is 41.7 Å². The molecule has 1 N–H and O–H groups in total. The Morgan fingerprint density at radius 1 is 1.26 bits per heavy atom. The summed E-state index contributed by atoms with van der Waals surface area (Å²) in [5.41, 5.74) is -0.349. The van der Waals surface area contributed by atoms with E-state index in [1.54, 1.807) is 0 Å². The van der Waals surface area contributed by atoms with Crippen LogP contribution >= 0.6 is 15.9 Å². The summed E-state index contributed by atoms with van der Waals surface area (Å²) in [6.07, 6.45) is -1.84.